The summed E-state index contributed by atoms with van der Waals surface area (Å²) < 4.78 is 25.9. The minimum absolute atomic E-state index is 0.00363. The van der Waals surface area contributed by atoms with E-state index in [4.69, 9.17) is 0 Å². The Bertz CT molecular complexity index is 898. The Hall–Kier alpha value is -2.78. The first-order valence-electron chi connectivity index (χ1n) is 8.15. The summed E-state index contributed by atoms with van der Waals surface area (Å²) >= 11 is 0. The molecule has 144 valence electrons. The molecule has 0 bridgehead atoms. The summed E-state index contributed by atoms with van der Waals surface area (Å²) in [6.07, 6.45) is 1.52. The molecule has 0 radical (unpaired) electrons. The van der Waals surface area contributed by atoms with Gasteiger partial charge in [0.2, 0.25) is 15.9 Å². The van der Waals surface area contributed by atoms with Crippen molar-refractivity contribution in [2.45, 2.75) is 24.3 Å². The number of aliphatic carboxylic acids is 1. The summed E-state index contributed by atoms with van der Waals surface area (Å²) in [5, 5.41) is 11.7. The number of nitrogens with zero attached hydrogens (tertiary/aromatic N) is 2. The molecular weight excluding hydrogens is 370 g/mol. The second-order valence-electron chi connectivity index (χ2n) is 6.06. The van der Waals surface area contributed by atoms with Crippen LogP contribution in [0.25, 0.3) is 0 Å². The Morgan fingerprint density at radius 1 is 1.19 bits per heavy atom. The Labute approximate surface area is 157 Å². The van der Waals surface area contributed by atoms with Crippen LogP contribution < -0.4 is 5.32 Å². The van der Waals surface area contributed by atoms with Crippen molar-refractivity contribution in [3.05, 3.63) is 59.9 Å². The molecule has 0 saturated heterocycles. The van der Waals surface area contributed by atoms with Crippen LogP contribution in [-0.2, 0) is 26.0 Å². The average Bonchev–Trinajstić information content (AvgIpc) is 2.62. The van der Waals surface area contributed by atoms with Gasteiger partial charge in [0.05, 0.1) is 11.4 Å². The molecule has 2 rings (SSSR count). The molecule has 2 aromatic rings. The van der Waals surface area contributed by atoms with Gasteiger partial charge in [-0.25, -0.2) is 13.2 Å². The lowest BCUT2D eigenvalue weighted by atomic mass is 10.1. The summed E-state index contributed by atoms with van der Waals surface area (Å²) in [6.45, 7) is 1.34. The van der Waals surface area contributed by atoms with E-state index in [1.54, 1.807) is 30.3 Å². The van der Waals surface area contributed by atoms with E-state index in [-0.39, 0.29) is 11.3 Å². The molecule has 0 spiro atoms. The van der Waals surface area contributed by atoms with Gasteiger partial charge in [0.15, 0.2) is 0 Å². The molecule has 0 aliphatic rings. The van der Waals surface area contributed by atoms with E-state index in [9.17, 15) is 23.1 Å². The maximum atomic E-state index is 12.5. The fraction of sp³-hybridized carbons (Fsp3) is 0.278. The van der Waals surface area contributed by atoms with Crippen LogP contribution >= 0.6 is 0 Å². The molecular formula is C18H21N3O5S. The number of carboxylic acids is 1. The van der Waals surface area contributed by atoms with Crippen molar-refractivity contribution < 1.29 is 23.1 Å². The van der Waals surface area contributed by atoms with Gasteiger partial charge in [0.25, 0.3) is 0 Å². The number of likely N-dealkylation sites (N-methyl/N-ethyl adjacent to an activating group) is 1. The number of aromatic nitrogens is 1. The molecule has 8 nitrogen and oxygen atoms in total. The Kier molecular flexibility index (Phi) is 6.65. The molecule has 0 unspecified atom stereocenters. The van der Waals surface area contributed by atoms with Crippen LogP contribution in [0.1, 0.15) is 11.3 Å². The lowest BCUT2D eigenvalue weighted by molar-refractivity contribution is -0.141. The monoisotopic (exact) mass is 391 g/mol. The van der Waals surface area contributed by atoms with E-state index in [1.807, 2.05) is 6.92 Å². The van der Waals surface area contributed by atoms with Crippen LogP contribution in [0.5, 0.6) is 0 Å². The first kappa shape index (κ1) is 20.5. The van der Waals surface area contributed by atoms with E-state index in [1.165, 1.54) is 25.4 Å². The molecule has 0 fully saturated rings. The number of carbonyl (C=O) groups excluding carboxylic acids is 1. The smallest absolute Gasteiger partial charge is 0.326 e. The van der Waals surface area contributed by atoms with Crippen LogP contribution in [0.3, 0.4) is 0 Å². The second-order valence-corrected chi connectivity index (χ2v) is 8.10. The fourth-order valence-electron chi connectivity index (χ4n) is 2.35. The quantitative estimate of drug-likeness (QED) is 0.688. The van der Waals surface area contributed by atoms with Crippen molar-refractivity contribution in [1.29, 1.82) is 0 Å². The van der Waals surface area contributed by atoms with Crippen LogP contribution in [0.2, 0.25) is 0 Å². The molecule has 1 aromatic carbocycles. The zero-order valence-corrected chi connectivity index (χ0v) is 15.8. The van der Waals surface area contributed by atoms with Gasteiger partial charge < -0.3 is 10.4 Å². The lowest BCUT2D eigenvalue weighted by Gasteiger charge is -2.19. The van der Waals surface area contributed by atoms with E-state index >= 15 is 0 Å². The van der Waals surface area contributed by atoms with E-state index in [0.717, 1.165) is 9.87 Å². The van der Waals surface area contributed by atoms with Crippen molar-refractivity contribution in [2.24, 2.45) is 0 Å². The molecule has 9 heteroatoms. The van der Waals surface area contributed by atoms with Gasteiger partial charge in [-0.3, -0.25) is 9.78 Å². The number of hydrogen-bond donors (Lipinski definition) is 2. The third kappa shape index (κ3) is 5.60. The van der Waals surface area contributed by atoms with Gasteiger partial charge in [0.1, 0.15) is 6.04 Å². The summed E-state index contributed by atoms with van der Waals surface area (Å²) in [5.74, 6) is -1.94. The number of aryl methyl sites for hydroxylation is 1. The van der Waals surface area contributed by atoms with Gasteiger partial charge in [-0.1, -0.05) is 23.8 Å². The minimum atomic E-state index is -3.85. The summed E-state index contributed by atoms with van der Waals surface area (Å²) in [5.41, 5.74) is 1.42. The van der Waals surface area contributed by atoms with Gasteiger partial charge >= 0.3 is 5.97 Å². The van der Waals surface area contributed by atoms with Gasteiger partial charge in [-0.15, -0.1) is 0 Å². The van der Waals surface area contributed by atoms with Crippen LogP contribution in [-0.4, -0.2) is 54.3 Å². The van der Waals surface area contributed by atoms with Gasteiger partial charge in [0, 0.05) is 25.4 Å². The summed E-state index contributed by atoms with van der Waals surface area (Å²) in [4.78, 5) is 27.7. The first-order valence-corrected chi connectivity index (χ1v) is 9.59. The topological polar surface area (TPSA) is 117 Å². The fourth-order valence-corrected chi connectivity index (χ4v) is 3.47. The number of carbonyl (C=O) groups is 2. The predicted molar refractivity (Wildman–Crippen MR) is 98.5 cm³/mol. The van der Waals surface area contributed by atoms with Crippen LogP contribution in [0.4, 0.5) is 0 Å². The molecule has 0 aliphatic heterocycles. The van der Waals surface area contributed by atoms with E-state index < -0.39 is 34.5 Å². The minimum Gasteiger partial charge on any atom is -0.480 e. The SMILES string of the molecule is Cc1ccc(S(=O)(=O)N(C)CC(=O)N[C@@H](Cc2ccccn2)C(=O)O)cc1. The van der Waals surface area contributed by atoms with Crippen LogP contribution in [0.15, 0.2) is 53.6 Å². The van der Waals surface area contributed by atoms with Gasteiger partial charge in [-0.05, 0) is 31.2 Å². The van der Waals surface area contributed by atoms with Crippen molar-refractivity contribution >= 4 is 21.9 Å². The molecule has 2 N–H and O–H groups in total. The average molecular weight is 391 g/mol. The summed E-state index contributed by atoms with van der Waals surface area (Å²) in [6, 6.07) is 10.1. The number of amides is 1. The highest BCUT2D eigenvalue weighted by atomic mass is 32.2. The molecule has 1 aromatic heterocycles. The zero-order chi connectivity index (χ0) is 20.0. The van der Waals surface area contributed by atoms with Crippen molar-refractivity contribution in [3.8, 4) is 0 Å². The number of pyridine rings is 1. The number of sulfonamides is 1. The highest BCUT2D eigenvalue weighted by Crippen LogP contribution is 2.14. The Morgan fingerprint density at radius 3 is 2.41 bits per heavy atom. The maximum Gasteiger partial charge on any atom is 0.326 e. The molecule has 1 atom stereocenters. The van der Waals surface area contributed by atoms with Crippen molar-refractivity contribution in [3.63, 3.8) is 0 Å². The lowest BCUT2D eigenvalue weighted by Crippen LogP contribution is -2.47. The molecule has 0 saturated carbocycles. The summed E-state index contributed by atoms with van der Waals surface area (Å²) in [7, 11) is -2.59. The highest BCUT2D eigenvalue weighted by Gasteiger charge is 2.26. The maximum absolute atomic E-state index is 12.5. The highest BCUT2D eigenvalue weighted by molar-refractivity contribution is 7.89. The number of carboxylic acid groups (broad SMARTS) is 1. The van der Waals surface area contributed by atoms with Crippen molar-refractivity contribution in [1.82, 2.24) is 14.6 Å². The molecule has 27 heavy (non-hydrogen) atoms. The third-order valence-electron chi connectivity index (χ3n) is 3.87. The molecule has 1 amide bonds. The number of benzene rings is 1. The zero-order valence-electron chi connectivity index (χ0n) is 15.0. The van der Waals surface area contributed by atoms with Crippen LogP contribution in [0, 0.1) is 6.92 Å². The third-order valence-corrected chi connectivity index (χ3v) is 5.69. The largest absolute Gasteiger partial charge is 0.480 e. The number of rotatable bonds is 8. The normalized spacial score (nSPS) is 12.6. The Morgan fingerprint density at radius 2 is 1.85 bits per heavy atom. The standard InChI is InChI=1S/C18H21N3O5S/c1-13-6-8-15(9-7-13)27(25,26)21(2)12-17(22)20-16(18(23)24)11-14-5-3-4-10-19-14/h3-10,16H,11-12H2,1-2H3,(H,20,22)(H,23,24)/t16-/m0/s1. The first-order chi connectivity index (χ1) is 12.7. The number of nitrogens with one attached hydrogen (secondary N) is 1. The van der Waals surface area contributed by atoms with E-state index in [0.29, 0.717) is 5.69 Å². The van der Waals surface area contributed by atoms with Gasteiger partial charge in [-0.2, -0.15) is 4.31 Å². The second kappa shape index (κ2) is 8.74. The molecule has 1 heterocycles. The molecule has 0 aliphatic carbocycles. The number of hydrogen-bond acceptors (Lipinski definition) is 5. The van der Waals surface area contributed by atoms with E-state index in [2.05, 4.69) is 10.3 Å². The Balaban J connectivity index is 2.03. The van der Waals surface area contributed by atoms with Crippen molar-refractivity contribution in [2.75, 3.05) is 13.6 Å². The predicted octanol–water partition coefficient (Wildman–Crippen LogP) is 0.823.